The van der Waals surface area contributed by atoms with E-state index >= 15 is 0 Å². The van der Waals surface area contributed by atoms with E-state index in [4.69, 9.17) is 5.11 Å². The van der Waals surface area contributed by atoms with Gasteiger partial charge in [-0.05, 0) is 59.9 Å². The average Bonchev–Trinajstić information content (AvgIpc) is 2.42. The lowest BCUT2D eigenvalue weighted by atomic mass is 9.98. The molecule has 1 aliphatic rings. The molecule has 0 aromatic heterocycles. The lowest BCUT2D eigenvalue weighted by molar-refractivity contribution is -0.144. The molecular formula is C15H20BrClN2O3. The van der Waals surface area contributed by atoms with Crippen molar-refractivity contribution in [1.82, 2.24) is 4.90 Å². The van der Waals surface area contributed by atoms with Crippen molar-refractivity contribution in [3.05, 3.63) is 28.2 Å². The highest BCUT2D eigenvalue weighted by Gasteiger charge is 2.26. The number of piperidine rings is 1. The summed E-state index contributed by atoms with van der Waals surface area (Å²) in [7, 11) is 0. The van der Waals surface area contributed by atoms with Crippen molar-refractivity contribution in [3.63, 3.8) is 0 Å². The highest BCUT2D eigenvalue weighted by Crippen LogP contribution is 2.23. The normalized spacial score (nSPS) is 18.4. The number of likely N-dealkylation sites (tertiary alicyclic amines) is 1. The zero-order chi connectivity index (χ0) is 15.4. The predicted molar refractivity (Wildman–Crippen MR) is 91.6 cm³/mol. The Morgan fingerprint density at radius 3 is 2.82 bits per heavy atom. The number of rotatable bonds is 4. The predicted octanol–water partition coefficient (Wildman–Crippen LogP) is 2.91. The molecule has 2 rings (SSSR count). The molecule has 1 atom stereocenters. The molecule has 1 amide bonds. The molecule has 0 radical (unpaired) electrons. The van der Waals surface area contributed by atoms with Gasteiger partial charge in [0.15, 0.2) is 0 Å². The lowest BCUT2D eigenvalue weighted by Gasteiger charge is -2.29. The number of benzene rings is 1. The summed E-state index contributed by atoms with van der Waals surface area (Å²) in [4.78, 5) is 25.0. The van der Waals surface area contributed by atoms with E-state index < -0.39 is 5.97 Å². The number of hydrogen-bond acceptors (Lipinski definition) is 3. The number of carboxylic acids is 1. The highest BCUT2D eigenvalue weighted by molar-refractivity contribution is 9.10. The number of nitrogens with one attached hydrogen (secondary N) is 1. The number of aliphatic carboxylic acids is 1. The van der Waals surface area contributed by atoms with Crippen LogP contribution in [-0.2, 0) is 9.59 Å². The van der Waals surface area contributed by atoms with Crippen molar-refractivity contribution in [1.29, 1.82) is 0 Å². The van der Waals surface area contributed by atoms with Gasteiger partial charge in [-0.25, -0.2) is 0 Å². The monoisotopic (exact) mass is 390 g/mol. The third-order valence-electron chi connectivity index (χ3n) is 3.62. The Bertz CT molecular complexity index is 554. The summed E-state index contributed by atoms with van der Waals surface area (Å²) in [6.07, 6.45) is 1.51. The van der Waals surface area contributed by atoms with Gasteiger partial charge in [0.2, 0.25) is 5.91 Å². The molecule has 2 N–H and O–H groups in total. The van der Waals surface area contributed by atoms with Gasteiger partial charge in [0.25, 0.3) is 0 Å². The van der Waals surface area contributed by atoms with Crippen LogP contribution in [0, 0.1) is 12.8 Å². The topological polar surface area (TPSA) is 69.6 Å². The largest absolute Gasteiger partial charge is 0.481 e. The van der Waals surface area contributed by atoms with Gasteiger partial charge in [0.05, 0.1) is 18.2 Å². The third-order valence-corrected chi connectivity index (χ3v) is 4.28. The van der Waals surface area contributed by atoms with Crippen LogP contribution in [-0.4, -0.2) is 41.5 Å². The molecule has 1 aliphatic heterocycles. The second kappa shape index (κ2) is 8.50. The average molecular weight is 392 g/mol. The summed E-state index contributed by atoms with van der Waals surface area (Å²) >= 11 is 3.42. The summed E-state index contributed by atoms with van der Waals surface area (Å²) in [5, 5.41) is 11.9. The summed E-state index contributed by atoms with van der Waals surface area (Å²) in [5.74, 6) is -1.26. The number of nitrogens with zero attached hydrogens (tertiary/aromatic N) is 1. The number of aryl methyl sites for hydroxylation is 1. The molecule has 1 saturated heterocycles. The van der Waals surface area contributed by atoms with Crippen LogP contribution in [0.25, 0.3) is 0 Å². The number of carboxylic acid groups (broad SMARTS) is 1. The molecule has 5 nitrogen and oxygen atoms in total. The van der Waals surface area contributed by atoms with E-state index in [1.165, 1.54) is 0 Å². The maximum Gasteiger partial charge on any atom is 0.307 e. The quantitative estimate of drug-likeness (QED) is 0.828. The number of anilines is 1. The van der Waals surface area contributed by atoms with E-state index in [1.54, 1.807) is 0 Å². The van der Waals surface area contributed by atoms with Crippen LogP contribution in [0.5, 0.6) is 0 Å². The van der Waals surface area contributed by atoms with E-state index in [-0.39, 0.29) is 30.8 Å². The molecule has 0 bridgehead atoms. The highest BCUT2D eigenvalue weighted by atomic mass is 79.9. The van der Waals surface area contributed by atoms with E-state index in [0.29, 0.717) is 13.0 Å². The molecule has 0 spiro atoms. The second-order valence-electron chi connectivity index (χ2n) is 5.44. The van der Waals surface area contributed by atoms with Gasteiger partial charge < -0.3 is 10.4 Å². The van der Waals surface area contributed by atoms with Gasteiger partial charge >= 0.3 is 5.97 Å². The first-order chi connectivity index (χ1) is 9.95. The Hall–Kier alpha value is -1.11. The van der Waals surface area contributed by atoms with Crippen LogP contribution < -0.4 is 5.32 Å². The zero-order valence-corrected chi connectivity index (χ0v) is 14.7. The summed E-state index contributed by atoms with van der Waals surface area (Å²) in [6, 6.07) is 5.73. The molecule has 1 fully saturated rings. The SMILES string of the molecule is Cc1ccc(NC(=O)CN2CCCC(C(=O)O)C2)c(Br)c1.Cl. The zero-order valence-electron chi connectivity index (χ0n) is 12.3. The molecule has 1 aromatic rings. The van der Waals surface area contributed by atoms with Crippen molar-refractivity contribution in [2.75, 3.05) is 25.0 Å². The number of carbonyl (C=O) groups excluding carboxylic acids is 1. The molecule has 122 valence electrons. The van der Waals surface area contributed by atoms with Gasteiger partial charge in [0.1, 0.15) is 0 Å². The second-order valence-corrected chi connectivity index (χ2v) is 6.30. The van der Waals surface area contributed by atoms with Gasteiger partial charge in [-0.2, -0.15) is 0 Å². The number of carbonyl (C=O) groups is 2. The molecular weight excluding hydrogens is 372 g/mol. The standard InChI is InChI=1S/C15H19BrN2O3.ClH/c1-10-4-5-13(12(16)7-10)17-14(19)9-18-6-2-3-11(8-18)15(20)21;/h4-5,7,11H,2-3,6,8-9H2,1H3,(H,17,19)(H,20,21);1H. The molecule has 7 heteroatoms. The van der Waals surface area contributed by atoms with E-state index in [1.807, 2.05) is 30.0 Å². The van der Waals surface area contributed by atoms with E-state index in [0.717, 1.165) is 28.7 Å². The van der Waals surface area contributed by atoms with Crippen molar-refractivity contribution in [3.8, 4) is 0 Å². The molecule has 0 aliphatic carbocycles. The Labute approximate surface area is 144 Å². The maximum absolute atomic E-state index is 12.1. The van der Waals surface area contributed by atoms with Crippen molar-refractivity contribution >= 4 is 45.9 Å². The fraction of sp³-hybridized carbons (Fsp3) is 0.467. The minimum Gasteiger partial charge on any atom is -0.481 e. The van der Waals surface area contributed by atoms with Gasteiger partial charge in [-0.1, -0.05) is 6.07 Å². The Morgan fingerprint density at radius 1 is 1.45 bits per heavy atom. The Balaban J connectivity index is 0.00000242. The lowest BCUT2D eigenvalue weighted by Crippen LogP contribution is -2.42. The number of hydrogen-bond donors (Lipinski definition) is 2. The van der Waals surface area contributed by atoms with Crippen molar-refractivity contribution in [2.24, 2.45) is 5.92 Å². The van der Waals surface area contributed by atoms with Crippen molar-refractivity contribution in [2.45, 2.75) is 19.8 Å². The Morgan fingerprint density at radius 2 is 2.18 bits per heavy atom. The minimum absolute atomic E-state index is 0. The first kappa shape index (κ1) is 18.9. The van der Waals surface area contributed by atoms with Crippen LogP contribution in [0.4, 0.5) is 5.69 Å². The van der Waals surface area contributed by atoms with E-state index in [2.05, 4.69) is 21.2 Å². The number of halogens is 2. The first-order valence-electron chi connectivity index (χ1n) is 6.97. The molecule has 0 saturated carbocycles. The smallest absolute Gasteiger partial charge is 0.307 e. The minimum atomic E-state index is -0.776. The van der Waals surface area contributed by atoms with Crippen LogP contribution in [0.15, 0.2) is 22.7 Å². The fourth-order valence-corrected chi connectivity index (χ4v) is 3.11. The third kappa shape index (κ3) is 5.26. The van der Waals surface area contributed by atoms with Gasteiger partial charge in [-0.15, -0.1) is 12.4 Å². The maximum atomic E-state index is 12.1. The fourth-order valence-electron chi connectivity index (χ4n) is 2.52. The van der Waals surface area contributed by atoms with Gasteiger partial charge in [0, 0.05) is 11.0 Å². The number of amides is 1. The summed E-state index contributed by atoms with van der Waals surface area (Å²) in [6.45, 7) is 3.42. The van der Waals surface area contributed by atoms with Crippen molar-refractivity contribution < 1.29 is 14.7 Å². The van der Waals surface area contributed by atoms with Crippen LogP contribution in [0.1, 0.15) is 18.4 Å². The molecule has 1 aromatic carbocycles. The molecule has 1 heterocycles. The summed E-state index contributed by atoms with van der Waals surface area (Å²) in [5.41, 5.74) is 1.84. The van der Waals surface area contributed by atoms with Crippen LogP contribution in [0.2, 0.25) is 0 Å². The van der Waals surface area contributed by atoms with Crippen LogP contribution >= 0.6 is 28.3 Å². The Kier molecular flexibility index (Phi) is 7.32. The molecule has 1 unspecified atom stereocenters. The first-order valence-corrected chi connectivity index (χ1v) is 7.76. The van der Waals surface area contributed by atoms with Gasteiger partial charge in [-0.3, -0.25) is 14.5 Å². The molecule has 22 heavy (non-hydrogen) atoms. The van der Waals surface area contributed by atoms with E-state index in [9.17, 15) is 9.59 Å². The van der Waals surface area contributed by atoms with Crippen LogP contribution in [0.3, 0.4) is 0 Å². The summed E-state index contributed by atoms with van der Waals surface area (Å²) < 4.78 is 0.845.